The lowest BCUT2D eigenvalue weighted by Gasteiger charge is -2.14. The number of nitrogen functional groups attached to an aromatic ring is 1. The molecule has 0 radical (unpaired) electrons. The summed E-state index contributed by atoms with van der Waals surface area (Å²) >= 11 is 5.78. The first kappa shape index (κ1) is 10.6. The summed E-state index contributed by atoms with van der Waals surface area (Å²) in [5, 5.41) is 9.96. The van der Waals surface area contributed by atoms with Gasteiger partial charge in [0.05, 0.1) is 11.8 Å². The second kappa shape index (κ2) is 4.29. The van der Waals surface area contributed by atoms with Gasteiger partial charge >= 0.3 is 0 Å². The Morgan fingerprint density at radius 3 is 2.80 bits per heavy atom. The van der Waals surface area contributed by atoms with Gasteiger partial charge in [-0.25, -0.2) is 0 Å². The second-order valence-corrected chi connectivity index (χ2v) is 4.33. The van der Waals surface area contributed by atoms with Crippen LogP contribution in [0.3, 0.4) is 0 Å². The molecule has 0 aliphatic heterocycles. The Morgan fingerprint density at radius 1 is 1.40 bits per heavy atom. The molecule has 1 aliphatic carbocycles. The summed E-state index contributed by atoms with van der Waals surface area (Å²) in [7, 11) is 0. The van der Waals surface area contributed by atoms with Gasteiger partial charge in [-0.15, -0.1) is 0 Å². The molecule has 1 aromatic carbocycles. The van der Waals surface area contributed by atoms with E-state index < -0.39 is 0 Å². The van der Waals surface area contributed by atoms with Crippen LogP contribution in [0.4, 0.5) is 5.69 Å². The smallest absolute Gasteiger partial charge is 0.142 e. The molecule has 0 unspecified atom stereocenters. The van der Waals surface area contributed by atoms with E-state index in [1.54, 1.807) is 18.2 Å². The first-order valence-corrected chi connectivity index (χ1v) is 5.42. The molecule has 3 nitrogen and oxygen atoms in total. The Bertz CT molecular complexity index is 356. The molecule has 1 fully saturated rings. The highest BCUT2D eigenvalue weighted by molar-refractivity contribution is 6.30. The van der Waals surface area contributed by atoms with Crippen LogP contribution in [0.25, 0.3) is 0 Å². The van der Waals surface area contributed by atoms with E-state index in [-0.39, 0.29) is 12.2 Å². The summed E-state index contributed by atoms with van der Waals surface area (Å²) in [6.45, 7) is 0. The van der Waals surface area contributed by atoms with Crippen molar-refractivity contribution in [1.29, 1.82) is 0 Å². The zero-order valence-electron chi connectivity index (χ0n) is 8.32. The molecule has 15 heavy (non-hydrogen) atoms. The van der Waals surface area contributed by atoms with Crippen LogP contribution in [0, 0.1) is 0 Å². The van der Waals surface area contributed by atoms with Gasteiger partial charge in [0.1, 0.15) is 11.9 Å². The van der Waals surface area contributed by atoms with Crippen molar-refractivity contribution in [3.05, 3.63) is 23.2 Å². The topological polar surface area (TPSA) is 55.5 Å². The summed E-state index contributed by atoms with van der Waals surface area (Å²) in [4.78, 5) is 0. The summed E-state index contributed by atoms with van der Waals surface area (Å²) in [6.07, 6.45) is 2.20. The number of hydrogen-bond donors (Lipinski definition) is 2. The predicted octanol–water partition coefficient (Wildman–Crippen LogP) is 2.21. The van der Waals surface area contributed by atoms with Crippen LogP contribution in [0.5, 0.6) is 5.75 Å². The molecule has 0 spiro atoms. The fourth-order valence-corrected chi connectivity index (χ4v) is 2.01. The van der Waals surface area contributed by atoms with Crippen LogP contribution in [-0.2, 0) is 0 Å². The highest BCUT2D eigenvalue weighted by Crippen LogP contribution is 2.30. The van der Waals surface area contributed by atoms with Crippen LogP contribution in [0.1, 0.15) is 19.3 Å². The fourth-order valence-electron chi connectivity index (χ4n) is 1.83. The summed E-state index contributed by atoms with van der Waals surface area (Å²) < 4.78 is 5.69. The fraction of sp³-hybridized carbons (Fsp3) is 0.455. The molecule has 0 bridgehead atoms. The molecule has 3 N–H and O–H groups in total. The Kier molecular flexibility index (Phi) is 3.03. The summed E-state index contributed by atoms with van der Waals surface area (Å²) in [6, 6.07) is 5.18. The number of anilines is 1. The van der Waals surface area contributed by atoms with Crippen molar-refractivity contribution >= 4 is 17.3 Å². The number of rotatable bonds is 2. The number of ether oxygens (including phenoxy) is 1. The average Bonchev–Trinajstić information content (AvgIpc) is 2.56. The SMILES string of the molecule is Nc1cc(Cl)ccc1O[C@@H]1CC[C@@H](O)C1. The largest absolute Gasteiger partial charge is 0.488 e. The number of nitrogens with two attached hydrogens (primary N) is 1. The molecule has 82 valence electrons. The molecular formula is C11H14ClNO2. The third-order valence-corrected chi connectivity index (χ3v) is 2.86. The zero-order chi connectivity index (χ0) is 10.8. The maximum Gasteiger partial charge on any atom is 0.142 e. The van der Waals surface area contributed by atoms with Gasteiger partial charge in [-0.1, -0.05) is 11.6 Å². The van der Waals surface area contributed by atoms with E-state index in [0.29, 0.717) is 22.9 Å². The van der Waals surface area contributed by atoms with Crippen LogP contribution < -0.4 is 10.5 Å². The van der Waals surface area contributed by atoms with Crippen molar-refractivity contribution in [2.24, 2.45) is 0 Å². The van der Waals surface area contributed by atoms with Gasteiger partial charge < -0.3 is 15.6 Å². The van der Waals surface area contributed by atoms with Crippen molar-refractivity contribution in [3.8, 4) is 5.75 Å². The monoisotopic (exact) mass is 227 g/mol. The van der Waals surface area contributed by atoms with Crippen molar-refractivity contribution in [2.75, 3.05) is 5.73 Å². The minimum atomic E-state index is -0.233. The van der Waals surface area contributed by atoms with Crippen LogP contribution in [0.2, 0.25) is 5.02 Å². The first-order valence-electron chi connectivity index (χ1n) is 5.05. The Hall–Kier alpha value is -0.930. The third-order valence-electron chi connectivity index (χ3n) is 2.62. The minimum Gasteiger partial charge on any atom is -0.488 e. The van der Waals surface area contributed by atoms with E-state index in [1.807, 2.05) is 0 Å². The predicted molar refractivity (Wildman–Crippen MR) is 60.1 cm³/mol. The van der Waals surface area contributed by atoms with Crippen molar-refractivity contribution < 1.29 is 9.84 Å². The molecule has 1 aromatic rings. The normalized spacial score (nSPS) is 25.5. The molecular weight excluding hydrogens is 214 g/mol. The number of benzene rings is 1. The number of aliphatic hydroxyl groups excluding tert-OH is 1. The quantitative estimate of drug-likeness (QED) is 0.762. The van der Waals surface area contributed by atoms with Gasteiger partial charge in [0.2, 0.25) is 0 Å². The van der Waals surface area contributed by atoms with Gasteiger partial charge in [0, 0.05) is 11.4 Å². The van der Waals surface area contributed by atoms with E-state index >= 15 is 0 Å². The van der Waals surface area contributed by atoms with Crippen molar-refractivity contribution in [2.45, 2.75) is 31.5 Å². The first-order chi connectivity index (χ1) is 7.15. The number of hydrogen-bond acceptors (Lipinski definition) is 3. The van der Waals surface area contributed by atoms with E-state index in [1.165, 1.54) is 0 Å². The highest BCUT2D eigenvalue weighted by atomic mass is 35.5. The lowest BCUT2D eigenvalue weighted by atomic mass is 10.2. The summed E-state index contributed by atoms with van der Waals surface area (Å²) in [5.74, 6) is 0.651. The lowest BCUT2D eigenvalue weighted by molar-refractivity contribution is 0.150. The molecule has 2 rings (SSSR count). The molecule has 0 amide bonds. The van der Waals surface area contributed by atoms with Crippen LogP contribution >= 0.6 is 11.6 Å². The Morgan fingerprint density at radius 2 is 2.20 bits per heavy atom. The van der Waals surface area contributed by atoms with Gasteiger partial charge in [-0.3, -0.25) is 0 Å². The van der Waals surface area contributed by atoms with Crippen molar-refractivity contribution in [1.82, 2.24) is 0 Å². The standard InChI is InChI=1S/C11H14ClNO2/c12-7-1-4-11(10(13)5-7)15-9-3-2-8(14)6-9/h1,4-5,8-9,14H,2-3,6,13H2/t8-,9-/m1/s1. The van der Waals surface area contributed by atoms with Gasteiger partial charge in [-0.05, 0) is 31.0 Å². The average molecular weight is 228 g/mol. The van der Waals surface area contributed by atoms with E-state index in [2.05, 4.69) is 0 Å². The molecule has 0 aromatic heterocycles. The molecule has 0 saturated heterocycles. The minimum absolute atomic E-state index is 0.0727. The van der Waals surface area contributed by atoms with Crippen LogP contribution in [-0.4, -0.2) is 17.3 Å². The molecule has 0 heterocycles. The maximum absolute atomic E-state index is 9.36. The lowest BCUT2D eigenvalue weighted by Crippen LogP contribution is -2.14. The number of halogens is 1. The van der Waals surface area contributed by atoms with E-state index in [9.17, 15) is 5.11 Å². The third kappa shape index (κ3) is 2.55. The molecule has 4 heteroatoms. The van der Waals surface area contributed by atoms with Gasteiger partial charge in [0.15, 0.2) is 0 Å². The highest BCUT2D eigenvalue weighted by Gasteiger charge is 2.24. The Labute approximate surface area is 93.8 Å². The Balaban J connectivity index is 2.04. The number of aliphatic hydroxyl groups is 1. The maximum atomic E-state index is 9.36. The van der Waals surface area contributed by atoms with Crippen LogP contribution in [0.15, 0.2) is 18.2 Å². The van der Waals surface area contributed by atoms with Gasteiger partial charge in [-0.2, -0.15) is 0 Å². The van der Waals surface area contributed by atoms with E-state index in [0.717, 1.165) is 12.8 Å². The zero-order valence-corrected chi connectivity index (χ0v) is 9.07. The molecule has 2 atom stereocenters. The molecule has 1 aliphatic rings. The van der Waals surface area contributed by atoms with Gasteiger partial charge in [0.25, 0.3) is 0 Å². The van der Waals surface area contributed by atoms with Crippen molar-refractivity contribution in [3.63, 3.8) is 0 Å². The molecule has 1 saturated carbocycles. The summed E-state index contributed by atoms with van der Waals surface area (Å²) in [5.41, 5.74) is 6.31. The second-order valence-electron chi connectivity index (χ2n) is 3.89. The van der Waals surface area contributed by atoms with E-state index in [4.69, 9.17) is 22.1 Å².